The van der Waals surface area contributed by atoms with E-state index in [-0.39, 0.29) is 0 Å². The van der Waals surface area contributed by atoms with Gasteiger partial charge in [0.2, 0.25) is 0 Å². The minimum atomic E-state index is 0.548. The molecule has 6 nitrogen and oxygen atoms in total. The van der Waals surface area contributed by atoms with Crippen molar-refractivity contribution in [1.82, 2.24) is 24.1 Å². The summed E-state index contributed by atoms with van der Waals surface area (Å²) in [6.45, 7) is 0. The monoisotopic (exact) mass is 829 g/mol. The third-order valence-electron chi connectivity index (χ3n) is 13.1. The molecule has 4 aromatic heterocycles. The van der Waals surface area contributed by atoms with Crippen LogP contribution in [-0.4, -0.2) is 24.1 Å². The van der Waals surface area contributed by atoms with Crippen LogP contribution in [0.15, 0.2) is 217 Å². The topological polar surface area (TPSA) is 61.7 Å². The average Bonchev–Trinajstić information content (AvgIpc) is 4.03. The summed E-state index contributed by atoms with van der Waals surface area (Å²) in [5.41, 5.74) is 10.6. The van der Waals surface area contributed by atoms with Gasteiger partial charge in [0.1, 0.15) is 11.2 Å². The van der Waals surface area contributed by atoms with Crippen LogP contribution in [0.2, 0.25) is 0 Å². The maximum absolute atomic E-state index is 6.79. The average molecular weight is 830 g/mol. The molecule has 10 aromatic carbocycles. The molecule has 14 aromatic rings. The molecular formula is C59H35N5O. The summed E-state index contributed by atoms with van der Waals surface area (Å²) in [5, 5.41) is 11.4. The summed E-state index contributed by atoms with van der Waals surface area (Å²) in [7, 11) is 0. The van der Waals surface area contributed by atoms with E-state index in [1.54, 1.807) is 0 Å². The van der Waals surface area contributed by atoms with Crippen LogP contribution >= 0.6 is 0 Å². The fourth-order valence-corrected chi connectivity index (χ4v) is 10.2. The Kier molecular flexibility index (Phi) is 7.59. The van der Waals surface area contributed by atoms with Crippen molar-refractivity contribution in [2.75, 3.05) is 0 Å². The van der Waals surface area contributed by atoms with Crippen LogP contribution in [0.4, 0.5) is 0 Å². The molecule has 0 fully saturated rings. The van der Waals surface area contributed by atoms with Gasteiger partial charge in [0, 0.05) is 49.3 Å². The van der Waals surface area contributed by atoms with Gasteiger partial charge >= 0.3 is 0 Å². The van der Waals surface area contributed by atoms with Gasteiger partial charge < -0.3 is 13.6 Å². The second kappa shape index (κ2) is 13.8. The summed E-state index contributed by atoms with van der Waals surface area (Å²) in [4.78, 5) is 16.2. The van der Waals surface area contributed by atoms with Crippen LogP contribution in [0.25, 0.3) is 133 Å². The van der Waals surface area contributed by atoms with Gasteiger partial charge in [-0.1, -0.05) is 146 Å². The van der Waals surface area contributed by atoms with Crippen molar-refractivity contribution < 1.29 is 4.42 Å². The Bertz CT molecular complexity index is 4250. The van der Waals surface area contributed by atoms with Crippen molar-refractivity contribution >= 4 is 87.1 Å². The standard InChI is InChI=1S/C59H35N5O/c1-2-19-42(20-3-1)63-49-26-11-8-21-43(49)45-24-14-25-47(56(45)63)59-61-57(40-30-29-36-15-4-5-16-37(36)31-40)60-58(62-59)41-34-52(55-46-23-10-13-28-53(46)65-54(55)35-41)64-50-27-12-9-22-44(50)48-32-38-17-6-7-18-39(38)33-51(48)64/h1-35H. The van der Waals surface area contributed by atoms with Crippen LogP contribution in [-0.2, 0) is 0 Å². The van der Waals surface area contributed by atoms with Crippen LogP contribution in [0.3, 0.4) is 0 Å². The van der Waals surface area contributed by atoms with Crippen molar-refractivity contribution in [2.45, 2.75) is 0 Å². The second-order valence-electron chi connectivity index (χ2n) is 16.8. The number of rotatable bonds is 5. The number of aromatic nitrogens is 5. The van der Waals surface area contributed by atoms with Crippen molar-refractivity contribution in [3.05, 3.63) is 212 Å². The molecule has 0 atom stereocenters. The molecule has 0 spiro atoms. The molecule has 302 valence electrons. The molecule has 0 unspecified atom stereocenters. The molecule has 4 heterocycles. The third-order valence-corrected chi connectivity index (χ3v) is 13.1. The fourth-order valence-electron chi connectivity index (χ4n) is 10.2. The molecule has 0 saturated heterocycles. The Labute approximate surface area is 371 Å². The lowest BCUT2D eigenvalue weighted by Crippen LogP contribution is -2.03. The number of benzene rings is 10. The van der Waals surface area contributed by atoms with Crippen molar-refractivity contribution in [3.8, 4) is 45.5 Å². The molecule has 0 saturated carbocycles. The van der Waals surface area contributed by atoms with E-state index in [2.05, 4.69) is 209 Å². The molecule has 14 rings (SSSR count). The van der Waals surface area contributed by atoms with E-state index in [9.17, 15) is 0 Å². The molecule has 0 radical (unpaired) electrons. The van der Waals surface area contributed by atoms with Gasteiger partial charge in [-0.05, 0) is 88.3 Å². The lowest BCUT2D eigenvalue weighted by molar-refractivity contribution is 0.669. The zero-order valence-corrected chi connectivity index (χ0v) is 34.9. The van der Waals surface area contributed by atoms with Crippen molar-refractivity contribution in [2.24, 2.45) is 0 Å². The highest BCUT2D eigenvalue weighted by Crippen LogP contribution is 2.43. The van der Waals surface area contributed by atoms with Crippen LogP contribution in [0.5, 0.6) is 0 Å². The van der Waals surface area contributed by atoms with Gasteiger partial charge in [0.15, 0.2) is 17.5 Å². The van der Waals surface area contributed by atoms with Gasteiger partial charge in [-0.2, -0.15) is 0 Å². The van der Waals surface area contributed by atoms with E-state index in [0.717, 1.165) is 93.6 Å². The highest BCUT2D eigenvalue weighted by Gasteiger charge is 2.24. The largest absolute Gasteiger partial charge is 0.456 e. The second-order valence-corrected chi connectivity index (χ2v) is 16.8. The molecule has 65 heavy (non-hydrogen) atoms. The van der Waals surface area contributed by atoms with Crippen molar-refractivity contribution in [3.63, 3.8) is 0 Å². The Morgan fingerprint density at radius 3 is 1.74 bits per heavy atom. The first-order valence-electron chi connectivity index (χ1n) is 21.9. The minimum absolute atomic E-state index is 0.548. The first-order valence-corrected chi connectivity index (χ1v) is 21.9. The van der Waals surface area contributed by atoms with E-state index in [1.165, 1.54) is 21.5 Å². The third kappa shape index (κ3) is 5.44. The summed E-state index contributed by atoms with van der Waals surface area (Å²) < 4.78 is 11.5. The Morgan fingerprint density at radius 1 is 0.338 bits per heavy atom. The summed E-state index contributed by atoms with van der Waals surface area (Å²) >= 11 is 0. The van der Waals surface area contributed by atoms with E-state index >= 15 is 0 Å². The van der Waals surface area contributed by atoms with Crippen LogP contribution in [0.1, 0.15) is 0 Å². The molecule has 0 aliphatic heterocycles. The molecule has 0 aliphatic rings. The predicted octanol–water partition coefficient (Wildman–Crippen LogP) is 15.3. The molecular weight excluding hydrogens is 795 g/mol. The quantitative estimate of drug-likeness (QED) is 0.173. The maximum atomic E-state index is 6.79. The van der Waals surface area contributed by atoms with Gasteiger partial charge in [0.05, 0.1) is 33.1 Å². The van der Waals surface area contributed by atoms with Crippen molar-refractivity contribution in [1.29, 1.82) is 0 Å². The van der Waals surface area contributed by atoms with E-state index in [1.807, 2.05) is 12.1 Å². The summed E-state index contributed by atoms with van der Waals surface area (Å²) in [6.07, 6.45) is 0. The molecule has 0 bridgehead atoms. The van der Waals surface area contributed by atoms with Crippen LogP contribution < -0.4 is 0 Å². The molecule has 6 heteroatoms. The lowest BCUT2D eigenvalue weighted by atomic mass is 10.0. The molecule has 0 N–H and O–H groups in total. The smallest absolute Gasteiger partial charge is 0.166 e. The number of hydrogen-bond acceptors (Lipinski definition) is 4. The zero-order chi connectivity index (χ0) is 42.6. The number of furan rings is 1. The highest BCUT2D eigenvalue weighted by molar-refractivity contribution is 6.17. The Balaban J connectivity index is 1.09. The lowest BCUT2D eigenvalue weighted by Gasteiger charge is -2.14. The van der Waals surface area contributed by atoms with E-state index in [4.69, 9.17) is 19.4 Å². The summed E-state index contributed by atoms with van der Waals surface area (Å²) in [6, 6.07) is 75.0. The fraction of sp³-hybridized carbons (Fsp3) is 0. The molecule has 0 amide bonds. The normalized spacial score (nSPS) is 12.0. The van der Waals surface area contributed by atoms with Crippen LogP contribution in [0, 0.1) is 0 Å². The first-order chi connectivity index (χ1) is 32.2. The van der Waals surface area contributed by atoms with Gasteiger partial charge in [-0.25, -0.2) is 15.0 Å². The van der Waals surface area contributed by atoms with E-state index in [0.29, 0.717) is 17.5 Å². The number of hydrogen-bond donors (Lipinski definition) is 0. The van der Waals surface area contributed by atoms with E-state index < -0.39 is 0 Å². The van der Waals surface area contributed by atoms with Gasteiger partial charge in [0.25, 0.3) is 0 Å². The zero-order valence-electron chi connectivity index (χ0n) is 34.9. The maximum Gasteiger partial charge on any atom is 0.166 e. The van der Waals surface area contributed by atoms with Gasteiger partial charge in [-0.15, -0.1) is 0 Å². The minimum Gasteiger partial charge on any atom is -0.456 e. The number of fused-ring (bicyclic) bond motifs is 11. The first kappa shape index (κ1) is 35.7. The Morgan fingerprint density at radius 2 is 0.938 bits per heavy atom. The number of nitrogens with zero attached hydrogens (tertiary/aromatic N) is 5. The number of para-hydroxylation sites is 5. The Hall–Kier alpha value is -8.87. The van der Waals surface area contributed by atoms with Gasteiger partial charge in [-0.3, -0.25) is 0 Å². The highest BCUT2D eigenvalue weighted by atomic mass is 16.3. The molecule has 0 aliphatic carbocycles. The predicted molar refractivity (Wildman–Crippen MR) is 267 cm³/mol. The SMILES string of the molecule is c1ccc(-n2c3ccccc3c3cccc(-c4nc(-c5ccc6ccccc6c5)nc(-c5cc(-n6c7ccccc7c7cc8ccccc8cc76)c6c(c5)oc5ccccc56)n4)c32)cc1. The summed E-state index contributed by atoms with van der Waals surface area (Å²) in [5.74, 6) is 1.72.